The fraction of sp³-hybridized carbons (Fsp3) is 0.316. The minimum absolute atomic E-state index is 0.0556. The summed E-state index contributed by atoms with van der Waals surface area (Å²) in [6, 6.07) is 7.17. The molecule has 6 heteroatoms. The number of amides is 1. The summed E-state index contributed by atoms with van der Waals surface area (Å²) >= 11 is 0. The molecular weight excluding hydrogens is 328 g/mol. The van der Waals surface area contributed by atoms with Crippen molar-refractivity contribution in [3.8, 4) is 11.5 Å². The maximum Gasteiger partial charge on any atom is 0.224 e. The first-order valence-electron chi connectivity index (χ1n) is 8.01. The highest BCUT2D eigenvalue weighted by molar-refractivity contribution is 5.91. The molecule has 0 radical (unpaired) electrons. The zero-order chi connectivity index (χ0) is 18.0. The molecule has 0 saturated heterocycles. The Bertz CT molecular complexity index is 807. The van der Waals surface area contributed by atoms with E-state index in [2.05, 4.69) is 5.32 Å². The van der Waals surface area contributed by atoms with Gasteiger partial charge < -0.3 is 14.8 Å². The topological polar surface area (TPSA) is 47.6 Å². The summed E-state index contributed by atoms with van der Waals surface area (Å²) < 4.78 is 36.8. The predicted octanol–water partition coefficient (Wildman–Crippen LogP) is 4.04. The Hall–Kier alpha value is -2.63. The van der Waals surface area contributed by atoms with E-state index < -0.39 is 11.6 Å². The van der Waals surface area contributed by atoms with Crippen molar-refractivity contribution in [3.05, 3.63) is 53.1 Å². The average Bonchev–Trinajstić information content (AvgIpc) is 2.98. The number of halogens is 2. The summed E-state index contributed by atoms with van der Waals surface area (Å²) in [5, 5.41) is 2.62. The third-order valence-corrected chi connectivity index (χ3v) is 4.48. The Morgan fingerprint density at radius 2 is 1.84 bits per heavy atom. The molecule has 0 aliphatic heterocycles. The van der Waals surface area contributed by atoms with E-state index in [4.69, 9.17) is 9.47 Å². The SMILES string of the molecule is COc1cc2c(cc1OC)C(CC(=O)Nc1ccc(F)c(F)c1)CC2. The lowest BCUT2D eigenvalue weighted by Gasteiger charge is -2.15. The van der Waals surface area contributed by atoms with Crippen LogP contribution in [0.2, 0.25) is 0 Å². The number of benzene rings is 2. The molecule has 1 atom stereocenters. The van der Waals surface area contributed by atoms with E-state index in [0.717, 1.165) is 36.1 Å². The number of hydrogen-bond donors (Lipinski definition) is 1. The van der Waals surface area contributed by atoms with Crippen LogP contribution in [0.1, 0.15) is 29.9 Å². The molecule has 1 aliphatic rings. The van der Waals surface area contributed by atoms with E-state index >= 15 is 0 Å². The molecule has 3 rings (SSSR count). The quantitative estimate of drug-likeness (QED) is 0.888. The lowest BCUT2D eigenvalue weighted by atomic mass is 9.97. The Kier molecular flexibility index (Phi) is 4.88. The van der Waals surface area contributed by atoms with Gasteiger partial charge in [0.2, 0.25) is 5.91 Å². The number of ether oxygens (including phenoxy) is 2. The predicted molar refractivity (Wildman–Crippen MR) is 90.2 cm³/mol. The zero-order valence-electron chi connectivity index (χ0n) is 14.1. The van der Waals surface area contributed by atoms with Gasteiger partial charge in [-0.1, -0.05) is 0 Å². The third kappa shape index (κ3) is 3.57. The molecule has 1 amide bonds. The van der Waals surface area contributed by atoms with Crippen LogP contribution in [0.5, 0.6) is 11.5 Å². The van der Waals surface area contributed by atoms with E-state index in [1.165, 1.54) is 6.07 Å². The Morgan fingerprint density at radius 1 is 1.12 bits per heavy atom. The summed E-state index contributed by atoms with van der Waals surface area (Å²) in [5.74, 6) is -0.800. The number of rotatable bonds is 5. The van der Waals surface area contributed by atoms with Gasteiger partial charge in [-0.25, -0.2) is 8.78 Å². The van der Waals surface area contributed by atoms with Crippen LogP contribution in [0, 0.1) is 11.6 Å². The zero-order valence-corrected chi connectivity index (χ0v) is 14.1. The molecule has 0 spiro atoms. The summed E-state index contributed by atoms with van der Waals surface area (Å²) in [6.45, 7) is 0. The fourth-order valence-corrected chi connectivity index (χ4v) is 3.24. The van der Waals surface area contributed by atoms with Gasteiger partial charge >= 0.3 is 0 Å². The van der Waals surface area contributed by atoms with Crippen molar-refractivity contribution in [1.29, 1.82) is 0 Å². The van der Waals surface area contributed by atoms with Gasteiger partial charge in [0.15, 0.2) is 23.1 Å². The smallest absolute Gasteiger partial charge is 0.224 e. The summed E-state index contributed by atoms with van der Waals surface area (Å²) in [5.41, 5.74) is 2.45. The third-order valence-electron chi connectivity index (χ3n) is 4.48. The molecule has 1 unspecified atom stereocenters. The maximum atomic E-state index is 13.2. The monoisotopic (exact) mass is 347 g/mol. The molecule has 0 heterocycles. The van der Waals surface area contributed by atoms with Crippen molar-refractivity contribution in [1.82, 2.24) is 0 Å². The van der Waals surface area contributed by atoms with E-state index in [0.29, 0.717) is 11.5 Å². The number of carbonyl (C=O) groups is 1. The first-order chi connectivity index (χ1) is 12.0. The first kappa shape index (κ1) is 17.2. The first-order valence-corrected chi connectivity index (χ1v) is 8.01. The van der Waals surface area contributed by atoms with Crippen LogP contribution in [0.3, 0.4) is 0 Å². The largest absolute Gasteiger partial charge is 0.493 e. The molecule has 0 fully saturated rings. The van der Waals surface area contributed by atoms with Crippen molar-refractivity contribution in [3.63, 3.8) is 0 Å². The lowest BCUT2D eigenvalue weighted by molar-refractivity contribution is -0.116. The second kappa shape index (κ2) is 7.09. The van der Waals surface area contributed by atoms with Gasteiger partial charge in [0.25, 0.3) is 0 Å². The van der Waals surface area contributed by atoms with Crippen LogP contribution in [-0.4, -0.2) is 20.1 Å². The molecule has 2 aromatic carbocycles. The van der Waals surface area contributed by atoms with Crippen LogP contribution in [0.4, 0.5) is 14.5 Å². The van der Waals surface area contributed by atoms with Gasteiger partial charge in [-0.3, -0.25) is 4.79 Å². The van der Waals surface area contributed by atoms with E-state index in [-0.39, 0.29) is 23.9 Å². The molecule has 1 N–H and O–H groups in total. The highest BCUT2D eigenvalue weighted by Crippen LogP contribution is 2.41. The molecule has 25 heavy (non-hydrogen) atoms. The summed E-state index contributed by atoms with van der Waals surface area (Å²) in [6.07, 6.45) is 1.97. The Morgan fingerprint density at radius 3 is 2.52 bits per heavy atom. The number of hydrogen-bond acceptors (Lipinski definition) is 3. The van der Waals surface area contributed by atoms with Gasteiger partial charge in [-0.2, -0.15) is 0 Å². The van der Waals surface area contributed by atoms with Crippen molar-refractivity contribution in [2.75, 3.05) is 19.5 Å². The molecule has 4 nitrogen and oxygen atoms in total. The number of carbonyl (C=O) groups excluding carboxylic acids is 1. The second-order valence-electron chi connectivity index (χ2n) is 6.02. The van der Waals surface area contributed by atoms with Crippen LogP contribution >= 0.6 is 0 Å². The van der Waals surface area contributed by atoms with E-state index in [1.54, 1.807) is 14.2 Å². The average molecular weight is 347 g/mol. The standard InChI is InChI=1S/C19H19F2NO3/c1-24-17-7-11-3-4-12(14(11)10-18(17)25-2)8-19(23)22-13-5-6-15(20)16(21)9-13/h5-7,9-10,12H,3-4,8H2,1-2H3,(H,22,23). The number of fused-ring (bicyclic) bond motifs is 1. The lowest BCUT2D eigenvalue weighted by Crippen LogP contribution is -2.15. The summed E-state index contributed by atoms with van der Waals surface area (Å²) in [7, 11) is 3.16. The Balaban J connectivity index is 1.72. The van der Waals surface area contributed by atoms with Gasteiger partial charge in [0.05, 0.1) is 14.2 Å². The van der Waals surface area contributed by atoms with Crippen LogP contribution in [-0.2, 0) is 11.2 Å². The minimum Gasteiger partial charge on any atom is -0.493 e. The van der Waals surface area contributed by atoms with Gasteiger partial charge in [-0.15, -0.1) is 0 Å². The molecule has 132 valence electrons. The van der Waals surface area contributed by atoms with Crippen molar-refractivity contribution in [2.24, 2.45) is 0 Å². The van der Waals surface area contributed by atoms with Crippen LogP contribution in [0.15, 0.2) is 30.3 Å². The molecule has 0 bridgehead atoms. The maximum absolute atomic E-state index is 13.2. The molecule has 0 aromatic heterocycles. The second-order valence-corrected chi connectivity index (χ2v) is 6.02. The fourth-order valence-electron chi connectivity index (χ4n) is 3.24. The molecule has 0 saturated carbocycles. The van der Waals surface area contributed by atoms with Gasteiger partial charge in [0.1, 0.15) is 0 Å². The number of aryl methyl sites for hydroxylation is 1. The number of anilines is 1. The normalized spacial score (nSPS) is 15.6. The van der Waals surface area contributed by atoms with Crippen molar-refractivity contribution < 1.29 is 23.0 Å². The Labute approximate surface area is 144 Å². The molecule has 1 aliphatic carbocycles. The highest BCUT2D eigenvalue weighted by atomic mass is 19.2. The minimum atomic E-state index is -0.985. The van der Waals surface area contributed by atoms with Gasteiger partial charge in [0, 0.05) is 18.2 Å². The highest BCUT2D eigenvalue weighted by Gasteiger charge is 2.27. The van der Waals surface area contributed by atoms with Crippen molar-refractivity contribution >= 4 is 11.6 Å². The molecule has 2 aromatic rings. The number of nitrogens with one attached hydrogen (secondary N) is 1. The summed E-state index contributed by atoms with van der Waals surface area (Å²) in [4.78, 5) is 12.3. The van der Waals surface area contributed by atoms with E-state index in [1.807, 2.05) is 12.1 Å². The van der Waals surface area contributed by atoms with Crippen LogP contribution < -0.4 is 14.8 Å². The van der Waals surface area contributed by atoms with Crippen molar-refractivity contribution in [2.45, 2.75) is 25.2 Å². The van der Waals surface area contributed by atoms with Crippen LogP contribution in [0.25, 0.3) is 0 Å². The molecular formula is C19H19F2NO3. The van der Waals surface area contributed by atoms with Gasteiger partial charge in [-0.05, 0) is 54.2 Å². The number of methoxy groups -OCH3 is 2. The van der Waals surface area contributed by atoms with E-state index in [9.17, 15) is 13.6 Å².